The molecule has 0 aliphatic carbocycles. The maximum Gasteiger partial charge on any atom is 0.330 e. The molecule has 0 aromatic carbocycles. The van der Waals surface area contributed by atoms with Gasteiger partial charge in [0.15, 0.2) is 0 Å². The van der Waals surface area contributed by atoms with Gasteiger partial charge in [0.05, 0.1) is 12.5 Å². The van der Waals surface area contributed by atoms with E-state index in [1.54, 1.807) is 0 Å². The predicted molar refractivity (Wildman–Crippen MR) is 70.5 cm³/mol. The molecule has 0 bridgehead atoms. The minimum Gasteiger partial charge on any atom is -0.391 e. The molecule has 2 rings (SSSR count). The van der Waals surface area contributed by atoms with E-state index in [1.165, 1.54) is 12.3 Å². The zero-order valence-electron chi connectivity index (χ0n) is 10.6. The number of aliphatic hydroxyl groups excluding tert-OH is 2. The van der Waals surface area contributed by atoms with E-state index >= 15 is 0 Å². The van der Waals surface area contributed by atoms with Crippen molar-refractivity contribution in [1.82, 2.24) is 9.55 Å². The van der Waals surface area contributed by atoms with Crippen molar-refractivity contribution in [1.29, 1.82) is 0 Å². The predicted octanol–water partition coefficient (Wildman–Crippen LogP) is -1.38. The highest BCUT2D eigenvalue weighted by atomic mass is 16.6. The largest absolute Gasteiger partial charge is 0.391 e. The van der Waals surface area contributed by atoms with Crippen LogP contribution in [0.5, 0.6) is 0 Å². The lowest BCUT2D eigenvalue weighted by molar-refractivity contribution is -0.122. The Balaban J connectivity index is 2.51. The summed E-state index contributed by atoms with van der Waals surface area (Å²) in [6.45, 7) is 6.27. The van der Waals surface area contributed by atoms with Crippen LogP contribution in [0.2, 0.25) is 0 Å². The lowest BCUT2D eigenvalue weighted by Crippen LogP contribution is -2.42. The lowest BCUT2D eigenvalue weighted by Gasteiger charge is -2.25. The molecule has 8 heteroatoms. The van der Waals surface area contributed by atoms with E-state index in [9.17, 15) is 19.8 Å². The number of ether oxygens (including phenoxy) is 1. The Kier molecular flexibility index (Phi) is 3.71. The first-order valence-electron chi connectivity index (χ1n) is 5.87. The van der Waals surface area contributed by atoms with E-state index in [2.05, 4.69) is 23.3 Å². The Morgan fingerprint density at radius 2 is 2.30 bits per heavy atom. The molecule has 20 heavy (non-hydrogen) atoms. The Bertz CT molecular complexity index is 636. The van der Waals surface area contributed by atoms with E-state index in [0.29, 0.717) is 0 Å². The van der Waals surface area contributed by atoms with Crippen LogP contribution in [-0.4, -0.2) is 44.9 Å². The van der Waals surface area contributed by atoms with Gasteiger partial charge >= 0.3 is 5.69 Å². The van der Waals surface area contributed by atoms with Gasteiger partial charge in [0.1, 0.15) is 12.3 Å². The van der Waals surface area contributed by atoms with E-state index in [-0.39, 0.29) is 0 Å². The smallest absolute Gasteiger partial charge is 0.330 e. The number of aliphatic hydroxyl groups is 2. The topological polar surface area (TPSA) is 117 Å². The van der Waals surface area contributed by atoms with Crippen molar-refractivity contribution < 1.29 is 14.9 Å². The zero-order valence-corrected chi connectivity index (χ0v) is 10.6. The molecule has 0 spiro atoms. The first kappa shape index (κ1) is 14.4. The third kappa shape index (κ3) is 2.03. The second-order valence-corrected chi connectivity index (χ2v) is 4.44. The number of hydrogen-bond donors (Lipinski definition) is 3. The van der Waals surface area contributed by atoms with Gasteiger partial charge in [-0.15, -0.1) is 6.58 Å². The maximum atomic E-state index is 11.8. The maximum absolute atomic E-state index is 11.8. The SMILES string of the molecule is C=C[C@@H]1[C@H](n2ccc(=O)[nH]c2=O)O[C@@](CO)(N=C)[C@H]1O. The molecule has 0 saturated carbocycles. The van der Waals surface area contributed by atoms with Crippen molar-refractivity contribution in [3.63, 3.8) is 0 Å². The van der Waals surface area contributed by atoms with Gasteiger partial charge in [0.2, 0.25) is 5.72 Å². The molecule has 1 saturated heterocycles. The summed E-state index contributed by atoms with van der Waals surface area (Å²) in [6, 6.07) is 1.15. The molecule has 1 aliphatic heterocycles. The second kappa shape index (κ2) is 5.16. The van der Waals surface area contributed by atoms with Crippen LogP contribution in [0.3, 0.4) is 0 Å². The lowest BCUT2D eigenvalue weighted by atomic mass is 9.96. The first-order valence-corrected chi connectivity index (χ1v) is 5.87. The van der Waals surface area contributed by atoms with Crippen LogP contribution in [0, 0.1) is 5.92 Å². The fourth-order valence-corrected chi connectivity index (χ4v) is 2.24. The number of aromatic nitrogens is 2. The van der Waals surface area contributed by atoms with Gasteiger partial charge in [-0.1, -0.05) is 6.08 Å². The normalized spacial score (nSPS) is 33.0. The van der Waals surface area contributed by atoms with Gasteiger partial charge in [0, 0.05) is 12.3 Å². The second-order valence-electron chi connectivity index (χ2n) is 4.44. The number of rotatable bonds is 4. The summed E-state index contributed by atoms with van der Waals surface area (Å²) in [5, 5.41) is 19.6. The summed E-state index contributed by atoms with van der Waals surface area (Å²) in [4.78, 5) is 28.6. The van der Waals surface area contributed by atoms with Crippen molar-refractivity contribution in [3.8, 4) is 0 Å². The molecule has 1 aliphatic rings. The van der Waals surface area contributed by atoms with Gasteiger partial charge < -0.3 is 14.9 Å². The van der Waals surface area contributed by atoms with E-state index in [4.69, 9.17) is 4.74 Å². The summed E-state index contributed by atoms with van der Waals surface area (Å²) < 4.78 is 6.61. The Morgan fingerprint density at radius 3 is 2.80 bits per heavy atom. The van der Waals surface area contributed by atoms with Gasteiger partial charge in [-0.25, -0.2) is 4.79 Å². The Morgan fingerprint density at radius 1 is 1.60 bits per heavy atom. The third-order valence-corrected chi connectivity index (χ3v) is 3.37. The van der Waals surface area contributed by atoms with Crippen molar-refractivity contribution in [3.05, 3.63) is 45.8 Å². The first-order chi connectivity index (χ1) is 9.49. The number of aromatic amines is 1. The molecule has 3 N–H and O–H groups in total. The van der Waals surface area contributed by atoms with Crippen molar-refractivity contribution in [2.45, 2.75) is 18.1 Å². The monoisotopic (exact) mass is 281 g/mol. The van der Waals surface area contributed by atoms with Crippen LogP contribution in [0.15, 0.2) is 39.5 Å². The molecule has 0 radical (unpaired) electrons. The highest BCUT2D eigenvalue weighted by molar-refractivity contribution is 5.27. The molecule has 1 aromatic rings. The van der Waals surface area contributed by atoms with Crippen LogP contribution in [0.4, 0.5) is 0 Å². The number of nitrogens with one attached hydrogen (secondary N) is 1. The van der Waals surface area contributed by atoms with E-state index in [0.717, 1.165) is 10.6 Å². The van der Waals surface area contributed by atoms with Crippen molar-refractivity contribution >= 4 is 6.72 Å². The van der Waals surface area contributed by atoms with Crippen LogP contribution < -0.4 is 11.2 Å². The summed E-state index contributed by atoms with van der Waals surface area (Å²) >= 11 is 0. The highest BCUT2D eigenvalue weighted by Gasteiger charge is 2.54. The number of nitrogens with zero attached hydrogens (tertiary/aromatic N) is 2. The van der Waals surface area contributed by atoms with Gasteiger partial charge in [-0.3, -0.25) is 19.3 Å². The molecule has 0 unspecified atom stereocenters. The highest BCUT2D eigenvalue weighted by Crippen LogP contribution is 2.41. The summed E-state index contributed by atoms with van der Waals surface area (Å²) in [5.41, 5.74) is -2.87. The van der Waals surface area contributed by atoms with Crippen molar-refractivity contribution in [2.75, 3.05) is 6.61 Å². The average molecular weight is 281 g/mol. The number of H-pyrrole nitrogens is 1. The van der Waals surface area contributed by atoms with E-state index in [1.807, 2.05) is 0 Å². The van der Waals surface area contributed by atoms with Crippen LogP contribution >= 0.6 is 0 Å². The third-order valence-electron chi connectivity index (χ3n) is 3.37. The van der Waals surface area contributed by atoms with E-state index < -0.39 is 41.8 Å². The minimum absolute atomic E-state index is 0.546. The molecule has 4 atom stereocenters. The van der Waals surface area contributed by atoms with Crippen LogP contribution in [0.25, 0.3) is 0 Å². The average Bonchev–Trinajstić information content (AvgIpc) is 2.71. The summed E-state index contributed by atoms with van der Waals surface area (Å²) in [6.07, 6.45) is 0.469. The van der Waals surface area contributed by atoms with Crippen LogP contribution in [0.1, 0.15) is 6.23 Å². The quantitative estimate of drug-likeness (QED) is 0.464. The molecular formula is C12H15N3O5. The standard InChI is InChI=1S/C12H15N3O5/c1-3-7-9(18)12(6-16,13-2)20-10(7)15-5-4-8(17)14-11(15)19/h3-5,7,9-10,16,18H,1-2,6H2,(H,14,17,19)/t7-,9-,10+,12+/m0/s1. The molecule has 108 valence electrons. The molecule has 8 nitrogen and oxygen atoms in total. The van der Waals surface area contributed by atoms with Crippen molar-refractivity contribution in [2.24, 2.45) is 10.9 Å². The molecule has 0 amide bonds. The Labute approximate surface area is 113 Å². The van der Waals surface area contributed by atoms with Crippen LogP contribution in [-0.2, 0) is 4.74 Å². The fraction of sp³-hybridized carbons (Fsp3) is 0.417. The Hall–Kier alpha value is -2.03. The van der Waals surface area contributed by atoms with Gasteiger partial charge in [-0.05, 0) is 6.72 Å². The summed E-state index contributed by atoms with van der Waals surface area (Å²) in [5.74, 6) is -0.698. The van der Waals surface area contributed by atoms with Gasteiger partial charge in [-0.2, -0.15) is 0 Å². The zero-order chi connectivity index (χ0) is 14.9. The minimum atomic E-state index is -1.63. The van der Waals surface area contributed by atoms with Gasteiger partial charge in [0.25, 0.3) is 5.56 Å². The molecule has 1 fully saturated rings. The molecule has 1 aromatic heterocycles. The fourth-order valence-electron chi connectivity index (χ4n) is 2.24. The molecule has 2 heterocycles. The number of aliphatic imine (C=N–C) groups is 1. The number of hydrogen-bond acceptors (Lipinski definition) is 6. The molecular weight excluding hydrogens is 266 g/mol. The summed E-state index contributed by atoms with van der Waals surface area (Å²) in [7, 11) is 0.